The zero-order chi connectivity index (χ0) is 16.7. The van der Waals surface area contributed by atoms with E-state index >= 15 is 0 Å². The number of rotatable bonds is 7. The van der Waals surface area contributed by atoms with E-state index in [0.29, 0.717) is 11.6 Å². The van der Waals surface area contributed by atoms with Gasteiger partial charge >= 0.3 is 0 Å². The third-order valence-corrected chi connectivity index (χ3v) is 3.99. The summed E-state index contributed by atoms with van der Waals surface area (Å²) in [5.41, 5.74) is 2.95. The maximum Gasteiger partial charge on any atom is 0.239 e. The number of hydrogen-bond donors (Lipinski definition) is 2. The molecule has 122 valence electrons. The zero-order valence-electron chi connectivity index (χ0n) is 13.4. The summed E-state index contributed by atoms with van der Waals surface area (Å²) < 4.78 is 5.18. The quantitative estimate of drug-likeness (QED) is 0.816. The Labute approximate surface area is 141 Å². The number of halogens is 1. The molecule has 0 aromatic heterocycles. The first-order valence-electron chi connectivity index (χ1n) is 7.49. The molecule has 2 aromatic carbocycles. The summed E-state index contributed by atoms with van der Waals surface area (Å²) in [5.74, 6) is 0.777. The highest BCUT2D eigenvalue weighted by atomic mass is 35.5. The minimum atomic E-state index is -0.0488. The maximum absolute atomic E-state index is 11.9. The number of hydrogen-bond acceptors (Lipinski definition) is 3. The Morgan fingerprint density at radius 1 is 1.22 bits per heavy atom. The van der Waals surface area contributed by atoms with Crippen molar-refractivity contribution in [3.63, 3.8) is 0 Å². The fourth-order valence-corrected chi connectivity index (χ4v) is 2.39. The van der Waals surface area contributed by atoms with Crippen LogP contribution >= 0.6 is 11.6 Å². The largest absolute Gasteiger partial charge is 0.497 e. The summed E-state index contributed by atoms with van der Waals surface area (Å²) in [4.78, 5) is 11.9. The van der Waals surface area contributed by atoms with Crippen LogP contribution < -0.4 is 15.4 Å². The van der Waals surface area contributed by atoms with Gasteiger partial charge in [-0.25, -0.2) is 0 Å². The van der Waals surface area contributed by atoms with Gasteiger partial charge in [-0.05, 0) is 48.7 Å². The highest BCUT2D eigenvalue weighted by Crippen LogP contribution is 2.22. The zero-order valence-corrected chi connectivity index (χ0v) is 14.1. The molecule has 0 unspecified atom stereocenters. The van der Waals surface area contributed by atoms with Crippen LogP contribution in [0.3, 0.4) is 0 Å². The molecule has 0 aliphatic rings. The molecule has 0 atom stereocenters. The van der Waals surface area contributed by atoms with Crippen molar-refractivity contribution < 1.29 is 9.53 Å². The molecule has 0 fully saturated rings. The second kappa shape index (κ2) is 8.44. The lowest BCUT2D eigenvalue weighted by molar-refractivity contribution is -0.119. The smallest absolute Gasteiger partial charge is 0.239 e. The molecule has 0 bridgehead atoms. The highest BCUT2D eigenvalue weighted by Gasteiger charge is 2.05. The van der Waals surface area contributed by atoms with Crippen LogP contribution in [-0.4, -0.2) is 26.1 Å². The van der Waals surface area contributed by atoms with Crippen molar-refractivity contribution in [3.8, 4) is 5.75 Å². The van der Waals surface area contributed by atoms with Crippen molar-refractivity contribution in [1.29, 1.82) is 0 Å². The SMILES string of the molecule is COc1cccc(CCNC(=O)CNc2cccc(Cl)c2C)c1. The van der Waals surface area contributed by atoms with Gasteiger partial charge in [0, 0.05) is 17.3 Å². The molecule has 2 N–H and O–H groups in total. The molecule has 0 aliphatic carbocycles. The molecule has 23 heavy (non-hydrogen) atoms. The van der Waals surface area contributed by atoms with E-state index in [-0.39, 0.29) is 12.5 Å². The predicted octanol–water partition coefficient (Wildman–Crippen LogP) is 3.43. The number of anilines is 1. The van der Waals surface area contributed by atoms with E-state index in [0.717, 1.165) is 29.0 Å². The minimum absolute atomic E-state index is 0.0488. The van der Waals surface area contributed by atoms with Crippen LogP contribution in [-0.2, 0) is 11.2 Å². The van der Waals surface area contributed by atoms with E-state index in [1.54, 1.807) is 7.11 Å². The number of nitrogens with one attached hydrogen (secondary N) is 2. The summed E-state index contributed by atoms with van der Waals surface area (Å²) >= 11 is 6.05. The van der Waals surface area contributed by atoms with Crippen LogP contribution in [0.25, 0.3) is 0 Å². The molecule has 0 saturated heterocycles. The van der Waals surface area contributed by atoms with Crippen molar-refractivity contribution in [2.75, 3.05) is 25.5 Å². The van der Waals surface area contributed by atoms with Crippen LogP contribution in [0.1, 0.15) is 11.1 Å². The van der Waals surface area contributed by atoms with Gasteiger partial charge in [-0.15, -0.1) is 0 Å². The second-order valence-corrected chi connectivity index (χ2v) is 5.62. The van der Waals surface area contributed by atoms with Gasteiger partial charge in [-0.3, -0.25) is 4.79 Å². The van der Waals surface area contributed by atoms with E-state index in [1.807, 2.05) is 49.4 Å². The van der Waals surface area contributed by atoms with Crippen molar-refractivity contribution in [2.24, 2.45) is 0 Å². The molecule has 1 amide bonds. The third-order valence-electron chi connectivity index (χ3n) is 3.58. The Balaban J connectivity index is 1.76. The molecule has 0 heterocycles. The topological polar surface area (TPSA) is 50.4 Å². The van der Waals surface area contributed by atoms with Crippen molar-refractivity contribution in [1.82, 2.24) is 5.32 Å². The highest BCUT2D eigenvalue weighted by molar-refractivity contribution is 6.31. The molecule has 4 nitrogen and oxygen atoms in total. The normalized spacial score (nSPS) is 10.2. The summed E-state index contributed by atoms with van der Waals surface area (Å²) in [7, 11) is 1.64. The fourth-order valence-electron chi connectivity index (χ4n) is 2.21. The average Bonchev–Trinajstić information content (AvgIpc) is 2.56. The standard InChI is InChI=1S/C18H21ClN2O2/c1-13-16(19)7-4-8-17(13)21-12-18(22)20-10-9-14-5-3-6-15(11-14)23-2/h3-8,11,21H,9-10,12H2,1-2H3,(H,20,22). The minimum Gasteiger partial charge on any atom is -0.497 e. The molecule has 0 radical (unpaired) electrons. The van der Waals surface area contributed by atoms with E-state index in [2.05, 4.69) is 10.6 Å². The molecule has 2 rings (SSSR count). The lowest BCUT2D eigenvalue weighted by Gasteiger charge is -2.11. The number of methoxy groups -OCH3 is 1. The molecule has 0 aliphatic heterocycles. The lowest BCUT2D eigenvalue weighted by Crippen LogP contribution is -2.31. The van der Waals surface area contributed by atoms with Crippen LogP contribution in [0.4, 0.5) is 5.69 Å². The van der Waals surface area contributed by atoms with Gasteiger partial charge in [0.2, 0.25) is 5.91 Å². The van der Waals surface area contributed by atoms with Gasteiger partial charge in [0.1, 0.15) is 5.75 Å². The van der Waals surface area contributed by atoms with Crippen molar-refractivity contribution in [3.05, 3.63) is 58.6 Å². The number of carbonyl (C=O) groups excluding carboxylic acids is 1. The van der Waals surface area contributed by atoms with Crippen LogP contribution in [0.5, 0.6) is 5.75 Å². The van der Waals surface area contributed by atoms with Crippen LogP contribution in [0.15, 0.2) is 42.5 Å². The summed E-state index contributed by atoms with van der Waals surface area (Å²) in [6.07, 6.45) is 0.763. The summed E-state index contributed by atoms with van der Waals surface area (Å²) in [6, 6.07) is 13.4. The molecular formula is C18H21ClN2O2. The van der Waals surface area contributed by atoms with E-state index in [4.69, 9.17) is 16.3 Å². The van der Waals surface area contributed by atoms with Crippen molar-refractivity contribution in [2.45, 2.75) is 13.3 Å². The van der Waals surface area contributed by atoms with E-state index in [9.17, 15) is 4.79 Å². The van der Waals surface area contributed by atoms with Crippen LogP contribution in [0, 0.1) is 6.92 Å². The Morgan fingerprint density at radius 3 is 2.78 bits per heavy atom. The van der Waals surface area contributed by atoms with Gasteiger partial charge in [0.25, 0.3) is 0 Å². The fraction of sp³-hybridized carbons (Fsp3) is 0.278. The summed E-state index contributed by atoms with van der Waals surface area (Å²) in [6.45, 7) is 2.73. The molecular weight excluding hydrogens is 312 g/mol. The van der Waals surface area contributed by atoms with Crippen molar-refractivity contribution >= 4 is 23.2 Å². The second-order valence-electron chi connectivity index (χ2n) is 5.22. The van der Waals surface area contributed by atoms with Crippen LogP contribution in [0.2, 0.25) is 5.02 Å². The molecule has 5 heteroatoms. The van der Waals surface area contributed by atoms with Gasteiger partial charge in [0.15, 0.2) is 0 Å². The Bertz CT molecular complexity index is 674. The first-order valence-corrected chi connectivity index (χ1v) is 7.86. The Morgan fingerprint density at radius 2 is 2.00 bits per heavy atom. The number of benzene rings is 2. The monoisotopic (exact) mass is 332 g/mol. The Kier molecular flexibility index (Phi) is 6.29. The number of amides is 1. The summed E-state index contributed by atoms with van der Waals surface area (Å²) in [5, 5.41) is 6.69. The lowest BCUT2D eigenvalue weighted by atomic mass is 10.1. The Hall–Kier alpha value is -2.20. The maximum atomic E-state index is 11.9. The first kappa shape index (κ1) is 17.2. The van der Waals surface area contributed by atoms with E-state index in [1.165, 1.54) is 0 Å². The van der Waals surface area contributed by atoms with E-state index < -0.39 is 0 Å². The molecule has 2 aromatic rings. The molecule has 0 spiro atoms. The van der Waals surface area contributed by atoms with Gasteiger partial charge in [0.05, 0.1) is 13.7 Å². The third kappa shape index (κ3) is 5.18. The van der Waals surface area contributed by atoms with Gasteiger partial charge < -0.3 is 15.4 Å². The number of ether oxygens (including phenoxy) is 1. The first-order chi connectivity index (χ1) is 11.1. The number of carbonyl (C=O) groups is 1. The predicted molar refractivity (Wildman–Crippen MR) is 94.4 cm³/mol. The molecule has 0 saturated carbocycles. The van der Waals surface area contributed by atoms with Gasteiger partial charge in [-0.1, -0.05) is 29.8 Å². The van der Waals surface area contributed by atoms with Gasteiger partial charge in [-0.2, -0.15) is 0 Å². The average molecular weight is 333 g/mol.